The summed E-state index contributed by atoms with van der Waals surface area (Å²) in [6.45, 7) is 5.38. The van der Waals surface area contributed by atoms with Gasteiger partial charge in [0.15, 0.2) is 0 Å². The van der Waals surface area contributed by atoms with Crippen molar-refractivity contribution in [3.63, 3.8) is 0 Å². The molecule has 0 atom stereocenters. The van der Waals surface area contributed by atoms with E-state index in [0.717, 1.165) is 5.56 Å². The van der Waals surface area contributed by atoms with Gasteiger partial charge in [-0.25, -0.2) is 12.8 Å². The van der Waals surface area contributed by atoms with Crippen LogP contribution in [0.5, 0.6) is 0 Å². The number of alkyl halides is 1. The van der Waals surface area contributed by atoms with Crippen molar-refractivity contribution < 1.29 is 17.5 Å². The van der Waals surface area contributed by atoms with Crippen LogP contribution >= 0.6 is 0 Å². The standard InChI is InChI=1S/C17H25FN2O3S/c1-17(18)5-7-19(8-6-17)14-15-3-2-4-16(13-15)24(21,22)20-9-11-23-12-10-20/h2-4,13H,5-12,14H2,1H3. The van der Waals surface area contributed by atoms with E-state index in [1.54, 1.807) is 25.1 Å². The van der Waals surface area contributed by atoms with Gasteiger partial charge in [-0.3, -0.25) is 4.90 Å². The zero-order valence-electron chi connectivity index (χ0n) is 14.1. The lowest BCUT2D eigenvalue weighted by Crippen LogP contribution is -2.40. The Labute approximate surface area is 143 Å². The van der Waals surface area contributed by atoms with E-state index in [2.05, 4.69) is 4.90 Å². The summed E-state index contributed by atoms with van der Waals surface area (Å²) in [4.78, 5) is 2.51. The molecular formula is C17H25FN2O3S. The number of hydrogen-bond acceptors (Lipinski definition) is 4. The number of piperidine rings is 1. The number of benzene rings is 1. The van der Waals surface area contributed by atoms with Gasteiger partial charge in [0, 0.05) is 32.7 Å². The Kier molecular flexibility index (Phi) is 5.24. The fourth-order valence-electron chi connectivity index (χ4n) is 3.18. The van der Waals surface area contributed by atoms with Crippen molar-refractivity contribution in [2.24, 2.45) is 0 Å². The van der Waals surface area contributed by atoms with Crippen molar-refractivity contribution in [2.75, 3.05) is 39.4 Å². The molecule has 134 valence electrons. The monoisotopic (exact) mass is 356 g/mol. The summed E-state index contributed by atoms with van der Waals surface area (Å²) >= 11 is 0. The molecule has 0 amide bonds. The molecule has 0 spiro atoms. The number of likely N-dealkylation sites (tertiary alicyclic amines) is 1. The topological polar surface area (TPSA) is 49.9 Å². The molecule has 2 saturated heterocycles. The Morgan fingerprint density at radius 2 is 1.83 bits per heavy atom. The van der Waals surface area contributed by atoms with Gasteiger partial charge in [-0.2, -0.15) is 4.31 Å². The first-order valence-corrected chi connectivity index (χ1v) is 9.89. The number of sulfonamides is 1. The highest BCUT2D eigenvalue weighted by Crippen LogP contribution is 2.27. The number of halogens is 1. The number of nitrogens with zero attached hydrogens (tertiary/aromatic N) is 2. The summed E-state index contributed by atoms with van der Waals surface area (Å²) in [7, 11) is -3.47. The lowest BCUT2D eigenvalue weighted by Gasteiger charge is -2.34. The van der Waals surface area contributed by atoms with Crippen LogP contribution in [0.3, 0.4) is 0 Å². The van der Waals surface area contributed by atoms with Crippen molar-refractivity contribution >= 4 is 10.0 Å². The Morgan fingerprint density at radius 1 is 1.17 bits per heavy atom. The molecule has 1 aromatic carbocycles. The number of morpholine rings is 1. The first-order valence-electron chi connectivity index (χ1n) is 8.45. The van der Waals surface area contributed by atoms with Crippen molar-refractivity contribution in [3.05, 3.63) is 29.8 Å². The van der Waals surface area contributed by atoms with Crippen LogP contribution in [0.15, 0.2) is 29.2 Å². The smallest absolute Gasteiger partial charge is 0.243 e. The second kappa shape index (κ2) is 7.07. The second-order valence-electron chi connectivity index (χ2n) is 6.85. The molecule has 2 aliphatic rings. The van der Waals surface area contributed by atoms with Gasteiger partial charge in [-0.1, -0.05) is 12.1 Å². The Morgan fingerprint density at radius 3 is 2.50 bits per heavy atom. The minimum absolute atomic E-state index is 0.328. The summed E-state index contributed by atoms with van der Waals surface area (Å²) in [6, 6.07) is 7.10. The van der Waals surface area contributed by atoms with Crippen LogP contribution in [0.2, 0.25) is 0 Å². The van der Waals surface area contributed by atoms with Gasteiger partial charge in [-0.15, -0.1) is 0 Å². The summed E-state index contributed by atoms with van der Waals surface area (Å²) in [5.41, 5.74) is -0.121. The minimum atomic E-state index is -3.47. The SMILES string of the molecule is CC1(F)CCN(Cc2cccc(S(=O)(=O)N3CCOCC3)c2)CC1. The summed E-state index contributed by atoms with van der Waals surface area (Å²) in [5, 5.41) is 0. The average molecular weight is 356 g/mol. The van der Waals surface area contributed by atoms with Crippen LogP contribution in [0.25, 0.3) is 0 Å². The maximum Gasteiger partial charge on any atom is 0.243 e. The zero-order valence-corrected chi connectivity index (χ0v) is 14.9. The Balaban J connectivity index is 1.70. The molecule has 5 nitrogen and oxygen atoms in total. The molecule has 7 heteroatoms. The normalized spacial score (nSPS) is 23.2. The van der Waals surface area contributed by atoms with E-state index < -0.39 is 15.7 Å². The van der Waals surface area contributed by atoms with E-state index in [4.69, 9.17) is 4.74 Å². The lowest BCUT2D eigenvalue weighted by molar-refractivity contribution is 0.0704. The molecule has 2 aliphatic heterocycles. The zero-order chi connectivity index (χ0) is 17.2. The molecule has 0 bridgehead atoms. The molecule has 1 aromatic rings. The van der Waals surface area contributed by atoms with Gasteiger partial charge in [0.2, 0.25) is 10.0 Å². The fraction of sp³-hybridized carbons (Fsp3) is 0.647. The van der Waals surface area contributed by atoms with Gasteiger partial charge < -0.3 is 4.74 Å². The van der Waals surface area contributed by atoms with E-state index in [0.29, 0.717) is 63.7 Å². The largest absolute Gasteiger partial charge is 0.379 e. The van der Waals surface area contributed by atoms with E-state index in [9.17, 15) is 12.8 Å². The number of hydrogen-bond donors (Lipinski definition) is 0. The van der Waals surface area contributed by atoms with E-state index >= 15 is 0 Å². The molecule has 0 aliphatic carbocycles. The molecular weight excluding hydrogens is 331 g/mol. The Hall–Kier alpha value is -1.02. The van der Waals surface area contributed by atoms with Crippen molar-refractivity contribution in [3.8, 4) is 0 Å². The second-order valence-corrected chi connectivity index (χ2v) is 8.79. The maximum atomic E-state index is 13.9. The van der Waals surface area contributed by atoms with Gasteiger partial charge in [0.25, 0.3) is 0 Å². The molecule has 0 N–H and O–H groups in total. The van der Waals surface area contributed by atoms with E-state index in [1.165, 1.54) is 4.31 Å². The van der Waals surface area contributed by atoms with Crippen molar-refractivity contribution in [1.29, 1.82) is 0 Å². The maximum absolute atomic E-state index is 13.9. The fourth-order valence-corrected chi connectivity index (χ4v) is 4.65. The quantitative estimate of drug-likeness (QED) is 0.828. The number of rotatable bonds is 4. The van der Waals surface area contributed by atoms with Gasteiger partial charge in [-0.05, 0) is 37.5 Å². The summed E-state index contributed by atoms with van der Waals surface area (Å²) < 4.78 is 46.0. The van der Waals surface area contributed by atoms with Gasteiger partial charge >= 0.3 is 0 Å². The number of ether oxygens (including phenoxy) is 1. The average Bonchev–Trinajstić information content (AvgIpc) is 2.58. The highest BCUT2D eigenvalue weighted by molar-refractivity contribution is 7.89. The molecule has 2 fully saturated rings. The first kappa shape index (κ1) is 17.8. The third-order valence-electron chi connectivity index (χ3n) is 4.81. The molecule has 0 aromatic heterocycles. The van der Waals surface area contributed by atoms with Gasteiger partial charge in [0.1, 0.15) is 5.67 Å². The van der Waals surface area contributed by atoms with Crippen LogP contribution in [-0.2, 0) is 21.3 Å². The highest BCUT2D eigenvalue weighted by Gasteiger charge is 2.30. The third-order valence-corrected chi connectivity index (χ3v) is 6.71. The summed E-state index contributed by atoms with van der Waals surface area (Å²) in [5.74, 6) is 0. The van der Waals surface area contributed by atoms with Crippen molar-refractivity contribution in [2.45, 2.75) is 36.9 Å². The first-order chi connectivity index (χ1) is 11.4. The molecule has 0 unspecified atom stereocenters. The van der Waals surface area contributed by atoms with E-state index in [1.807, 2.05) is 6.07 Å². The molecule has 3 rings (SSSR count). The van der Waals surface area contributed by atoms with Crippen LogP contribution in [0.4, 0.5) is 4.39 Å². The lowest BCUT2D eigenvalue weighted by atomic mass is 9.95. The van der Waals surface area contributed by atoms with Crippen LogP contribution in [-0.4, -0.2) is 62.7 Å². The van der Waals surface area contributed by atoms with Gasteiger partial charge in [0.05, 0.1) is 18.1 Å². The van der Waals surface area contributed by atoms with Crippen molar-refractivity contribution in [1.82, 2.24) is 9.21 Å². The predicted octanol–water partition coefficient (Wildman–Crippen LogP) is 2.03. The van der Waals surface area contributed by atoms with Crippen LogP contribution in [0.1, 0.15) is 25.3 Å². The highest BCUT2D eigenvalue weighted by atomic mass is 32.2. The van der Waals surface area contributed by atoms with E-state index in [-0.39, 0.29) is 0 Å². The van der Waals surface area contributed by atoms with Crippen LogP contribution < -0.4 is 0 Å². The molecule has 0 radical (unpaired) electrons. The third kappa shape index (κ3) is 4.14. The predicted molar refractivity (Wildman–Crippen MR) is 90.0 cm³/mol. The summed E-state index contributed by atoms with van der Waals surface area (Å²) in [6.07, 6.45) is 1.05. The minimum Gasteiger partial charge on any atom is -0.379 e. The molecule has 2 heterocycles. The Bertz CT molecular complexity index is 662. The molecule has 24 heavy (non-hydrogen) atoms. The van der Waals surface area contributed by atoms with Crippen LogP contribution in [0, 0.1) is 0 Å². The molecule has 0 saturated carbocycles.